The van der Waals surface area contributed by atoms with Crippen LogP contribution in [0.1, 0.15) is 65.2 Å². The lowest BCUT2D eigenvalue weighted by molar-refractivity contribution is 0.101. The summed E-state index contributed by atoms with van der Waals surface area (Å²) in [6.45, 7) is 6.69. The van der Waals surface area contributed by atoms with Crippen molar-refractivity contribution in [2.45, 2.75) is 77.4 Å². The van der Waals surface area contributed by atoms with Crippen LogP contribution in [0.3, 0.4) is 0 Å². The topological polar surface area (TPSA) is 21.3 Å². The average Bonchev–Trinajstić information content (AvgIpc) is 2.79. The standard InChI is InChI=1S/C14H29NO/c1-3-7-13(15-11-4-2)8-5-9-14-10-6-12-16-14/h13-15H,3-12H2,1-2H3. The van der Waals surface area contributed by atoms with E-state index in [9.17, 15) is 0 Å². The van der Waals surface area contributed by atoms with Crippen molar-refractivity contribution in [2.75, 3.05) is 13.2 Å². The van der Waals surface area contributed by atoms with E-state index in [1.54, 1.807) is 0 Å². The number of hydrogen-bond donors (Lipinski definition) is 1. The van der Waals surface area contributed by atoms with Crippen LogP contribution in [0.2, 0.25) is 0 Å². The summed E-state index contributed by atoms with van der Waals surface area (Å²) in [5, 5.41) is 3.65. The van der Waals surface area contributed by atoms with Crippen molar-refractivity contribution < 1.29 is 4.74 Å². The van der Waals surface area contributed by atoms with Gasteiger partial charge in [0.05, 0.1) is 6.10 Å². The molecule has 96 valence electrons. The number of nitrogens with one attached hydrogen (secondary N) is 1. The maximum atomic E-state index is 5.66. The highest BCUT2D eigenvalue weighted by Crippen LogP contribution is 2.18. The summed E-state index contributed by atoms with van der Waals surface area (Å²) in [6.07, 6.45) is 10.9. The summed E-state index contributed by atoms with van der Waals surface area (Å²) in [7, 11) is 0. The third-order valence-corrected chi connectivity index (χ3v) is 3.42. The first kappa shape index (κ1) is 14.0. The van der Waals surface area contributed by atoms with Gasteiger partial charge in [0.1, 0.15) is 0 Å². The molecule has 2 atom stereocenters. The molecule has 0 aromatic heterocycles. The van der Waals surface area contributed by atoms with Crippen molar-refractivity contribution in [2.24, 2.45) is 0 Å². The van der Waals surface area contributed by atoms with Crippen LogP contribution in [0.4, 0.5) is 0 Å². The smallest absolute Gasteiger partial charge is 0.0576 e. The van der Waals surface area contributed by atoms with Gasteiger partial charge < -0.3 is 10.1 Å². The minimum Gasteiger partial charge on any atom is -0.378 e. The first-order valence-electron chi connectivity index (χ1n) is 7.21. The van der Waals surface area contributed by atoms with Crippen LogP contribution in [-0.4, -0.2) is 25.3 Å². The Hall–Kier alpha value is -0.0800. The molecular formula is C14H29NO. The summed E-state index contributed by atoms with van der Waals surface area (Å²) in [4.78, 5) is 0. The third kappa shape index (κ3) is 5.86. The highest BCUT2D eigenvalue weighted by Gasteiger charge is 2.15. The van der Waals surface area contributed by atoms with Crippen LogP contribution in [-0.2, 0) is 4.74 Å². The van der Waals surface area contributed by atoms with Gasteiger partial charge in [0.25, 0.3) is 0 Å². The van der Waals surface area contributed by atoms with Gasteiger partial charge in [-0.1, -0.05) is 20.3 Å². The molecule has 1 rings (SSSR count). The Kier molecular flexibility index (Phi) is 7.87. The molecule has 0 spiro atoms. The maximum absolute atomic E-state index is 5.66. The number of rotatable bonds is 9. The molecule has 1 aliphatic rings. The van der Waals surface area contributed by atoms with E-state index in [-0.39, 0.29) is 0 Å². The van der Waals surface area contributed by atoms with Crippen LogP contribution in [0, 0.1) is 0 Å². The number of hydrogen-bond acceptors (Lipinski definition) is 2. The van der Waals surface area contributed by atoms with Gasteiger partial charge in [0, 0.05) is 12.6 Å². The molecule has 2 unspecified atom stereocenters. The van der Waals surface area contributed by atoms with E-state index in [4.69, 9.17) is 4.74 Å². The van der Waals surface area contributed by atoms with E-state index in [2.05, 4.69) is 19.2 Å². The van der Waals surface area contributed by atoms with E-state index in [0.717, 1.165) is 12.6 Å². The van der Waals surface area contributed by atoms with Crippen molar-refractivity contribution in [3.63, 3.8) is 0 Å². The molecule has 0 aromatic carbocycles. The fraction of sp³-hybridized carbons (Fsp3) is 1.00. The molecule has 2 nitrogen and oxygen atoms in total. The highest BCUT2D eigenvalue weighted by molar-refractivity contribution is 4.69. The zero-order chi connectivity index (χ0) is 11.6. The molecule has 1 N–H and O–H groups in total. The minimum atomic E-state index is 0.577. The summed E-state index contributed by atoms with van der Waals surface area (Å²) in [5.41, 5.74) is 0. The monoisotopic (exact) mass is 227 g/mol. The van der Waals surface area contributed by atoms with Crippen LogP contribution in [0.15, 0.2) is 0 Å². The Morgan fingerprint density at radius 1 is 1.25 bits per heavy atom. The van der Waals surface area contributed by atoms with E-state index < -0.39 is 0 Å². The van der Waals surface area contributed by atoms with Crippen LogP contribution < -0.4 is 5.32 Å². The second-order valence-corrected chi connectivity index (χ2v) is 5.01. The van der Waals surface area contributed by atoms with Crippen molar-refractivity contribution in [1.82, 2.24) is 5.32 Å². The molecular weight excluding hydrogens is 198 g/mol. The van der Waals surface area contributed by atoms with Crippen LogP contribution >= 0.6 is 0 Å². The Morgan fingerprint density at radius 2 is 2.12 bits per heavy atom. The highest BCUT2D eigenvalue weighted by atomic mass is 16.5. The first-order valence-corrected chi connectivity index (χ1v) is 7.21. The van der Waals surface area contributed by atoms with Gasteiger partial charge in [-0.25, -0.2) is 0 Å². The lowest BCUT2D eigenvalue weighted by Gasteiger charge is -2.18. The van der Waals surface area contributed by atoms with Crippen molar-refractivity contribution >= 4 is 0 Å². The predicted octanol–water partition coefficient (Wildman–Crippen LogP) is 3.50. The van der Waals surface area contributed by atoms with Gasteiger partial charge in [0.15, 0.2) is 0 Å². The fourth-order valence-electron chi connectivity index (χ4n) is 2.51. The summed E-state index contributed by atoms with van der Waals surface area (Å²) in [6, 6.07) is 0.742. The lowest BCUT2D eigenvalue weighted by atomic mass is 10.0. The maximum Gasteiger partial charge on any atom is 0.0576 e. The molecule has 16 heavy (non-hydrogen) atoms. The fourth-order valence-corrected chi connectivity index (χ4v) is 2.51. The largest absolute Gasteiger partial charge is 0.378 e. The van der Waals surface area contributed by atoms with Gasteiger partial charge in [-0.05, 0) is 51.5 Å². The molecule has 0 bridgehead atoms. The number of ether oxygens (including phenoxy) is 1. The molecule has 1 saturated heterocycles. The Labute approximate surface area is 101 Å². The van der Waals surface area contributed by atoms with Crippen molar-refractivity contribution in [3.05, 3.63) is 0 Å². The molecule has 0 aliphatic carbocycles. The Balaban J connectivity index is 2.05. The lowest BCUT2D eigenvalue weighted by Crippen LogP contribution is -2.29. The van der Waals surface area contributed by atoms with Crippen molar-refractivity contribution in [1.29, 1.82) is 0 Å². The van der Waals surface area contributed by atoms with E-state index >= 15 is 0 Å². The SMILES string of the molecule is CCCNC(CCC)CCCC1CCCO1. The predicted molar refractivity (Wildman–Crippen MR) is 69.8 cm³/mol. The van der Waals surface area contributed by atoms with Gasteiger partial charge >= 0.3 is 0 Å². The molecule has 2 heteroatoms. The molecule has 0 amide bonds. The summed E-state index contributed by atoms with van der Waals surface area (Å²) in [5.74, 6) is 0. The summed E-state index contributed by atoms with van der Waals surface area (Å²) >= 11 is 0. The van der Waals surface area contributed by atoms with Gasteiger partial charge in [-0.15, -0.1) is 0 Å². The average molecular weight is 227 g/mol. The zero-order valence-electron chi connectivity index (χ0n) is 11.1. The minimum absolute atomic E-state index is 0.577. The molecule has 1 fully saturated rings. The third-order valence-electron chi connectivity index (χ3n) is 3.42. The van der Waals surface area contributed by atoms with Gasteiger partial charge in [-0.2, -0.15) is 0 Å². The molecule has 0 radical (unpaired) electrons. The van der Waals surface area contributed by atoms with Crippen LogP contribution in [0.5, 0.6) is 0 Å². The zero-order valence-corrected chi connectivity index (χ0v) is 11.1. The molecule has 0 aromatic rings. The van der Waals surface area contributed by atoms with E-state index in [1.165, 1.54) is 57.9 Å². The Morgan fingerprint density at radius 3 is 2.75 bits per heavy atom. The van der Waals surface area contributed by atoms with Crippen LogP contribution in [0.25, 0.3) is 0 Å². The van der Waals surface area contributed by atoms with E-state index in [0.29, 0.717) is 6.10 Å². The van der Waals surface area contributed by atoms with Gasteiger partial charge in [-0.3, -0.25) is 0 Å². The second kappa shape index (κ2) is 9.00. The van der Waals surface area contributed by atoms with E-state index in [1.807, 2.05) is 0 Å². The molecule has 1 heterocycles. The normalized spacial score (nSPS) is 22.5. The van der Waals surface area contributed by atoms with Crippen molar-refractivity contribution in [3.8, 4) is 0 Å². The molecule has 1 aliphatic heterocycles. The Bertz CT molecular complexity index is 155. The molecule has 0 saturated carbocycles. The first-order chi connectivity index (χ1) is 7.86. The summed E-state index contributed by atoms with van der Waals surface area (Å²) < 4.78 is 5.66. The van der Waals surface area contributed by atoms with Gasteiger partial charge in [0.2, 0.25) is 0 Å². The quantitative estimate of drug-likeness (QED) is 0.651. The second-order valence-electron chi connectivity index (χ2n) is 5.01.